The summed E-state index contributed by atoms with van der Waals surface area (Å²) in [5.41, 5.74) is 1.94. The number of ether oxygens (including phenoxy) is 2. The van der Waals surface area contributed by atoms with Crippen molar-refractivity contribution in [2.75, 3.05) is 32.2 Å². The molecule has 1 fully saturated rings. The molecule has 1 saturated heterocycles. The topological polar surface area (TPSA) is 92.5 Å². The Bertz CT molecular complexity index is 1260. The molecule has 1 atom stereocenters. The average molecular weight is 460 g/mol. The number of ketones is 1. The summed E-state index contributed by atoms with van der Waals surface area (Å²) in [6.45, 7) is 1.37. The van der Waals surface area contributed by atoms with Crippen molar-refractivity contribution in [3.63, 3.8) is 0 Å². The van der Waals surface area contributed by atoms with Crippen molar-refractivity contribution in [3.8, 4) is 11.5 Å². The molecule has 5 rings (SSSR count). The van der Waals surface area contributed by atoms with Gasteiger partial charge < -0.3 is 28.8 Å². The molecule has 0 radical (unpaired) electrons. The molecular weight excluding hydrogens is 436 g/mol. The molecule has 3 heterocycles. The van der Waals surface area contributed by atoms with E-state index in [4.69, 9.17) is 13.9 Å². The molecule has 2 aromatic carbocycles. The third-order valence-corrected chi connectivity index (χ3v) is 6.21. The minimum atomic E-state index is -0.791. The van der Waals surface area contributed by atoms with E-state index in [2.05, 4.69) is 0 Å². The van der Waals surface area contributed by atoms with E-state index in [0.29, 0.717) is 41.5 Å². The van der Waals surface area contributed by atoms with E-state index >= 15 is 0 Å². The molecule has 2 aliphatic rings. The van der Waals surface area contributed by atoms with Gasteiger partial charge in [0.15, 0.2) is 0 Å². The van der Waals surface area contributed by atoms with Gasteiger partial charge in [-0.1, -0.05) is 12.1 Å². The van der Waals surface area contributed by atoms with Gasteiger partial charge in [0, 0.05) is 12.6 Å². The number of methoxy groups -OCH3 is 1. The highest BCUT2D eigenvalue weighted by Gasteiger charge is 2.46. The summed E-state index contributed by atoms with van der Waals surface area (Å²) in [7, 11) is 3.50. The molecule has 0 saturated carbocycles. The molecule has 1 aromatic heterocycles. The molecule has 0 aliphatic carbocycles. The van der Waals surface area contributed by atoms with Gasteiger partial charge in [0.25, 0.3) is 11.7 Å². The van der Waals surface area contributed by atoms with Gasteiger partial charge in [-0.05, 0) is 48.0 Å². The van der Waals surface area contributed by atoms with Crippen LogP contribution in [0.5, 0.6) is 11.5 Å². The van der Waals surface area contributed by atoms with Gasteiger partial charge in [0.2, 0.25) is 0 Å². The molecule has 1 N–H and O–H groups in total. The van der Waals surface area contributed by atoms with Crippen molar-refractivity contribution < 1.29 is 28.6 Å². The predicted molar refractivity (Wildman–Crippen MR) is 125 cm³/mol. The maximum Gasteiger partial charge on any atom is 0.296 e. The quantitative estimate of drug-likeness (QED) is 0.352. The number of likely N-dealkylation sites (N-methyl/N-ethyl adjacent to an activating group) is 1. The summed E-state index contributed by atoms with van der Waals surface area (Å²) in [6, 6.07) is 15.0. The van der Waals surface area contributed by atoms with E-state index in [0.717, 1.165) is 5.69 Å². The fourth-order valence-electron chi connectivity index (χ4n) is 4.40. The van der Waals surface area contributed by atoms with Gasteiger partial charge in [-0.2, -0.15) is 0 Å². The lowest BCUT2D eigenvalue weighted by Gasteiger charge is -2.28. The number of furan rings is 1. The van der Waals surface area contributed by atoms with Crippen LogP contribution < -0.4 is 14.4 Å². The fourth-order valence-corrected chi connectivity index (χ4v) is 4.40. The Kier molecular flexibility index (Phi) is 5.49. The van der Waals surface area contributed by atoms with Gasteiger partial charge >= 0.3 is 0 Å². The number of Topliss-reactive ketones (excluding diaryl/α,β-unsaturated/α-hetero) is 1. The first kappa shape index (κ1) is 21.6. The predicted octanol–water partition coefficient (Wildman–Crippen LogP) is 3.74. The average Bonchev–Trinajstić information content (AvgIpc) is 3.46. The molecular formula is C26H24N2O6. The van der Waals surface area contributed by atoms with E-state index in [9.17, 15) is 14.7 Å². The van der Waals surface area contributed by atoms with Crippen LogP contribution in [0.15, 0.2) is 70.9 Å². The van der Waals surface area contributed by atoms with E-state index in [1.165, 1.54) is 11.2 Å². The summed E-state index contributed by atoms with van der Waals surface area (Å²) in [4.78, 5) is 29.8. The Morgan fingerprint density at radius 3 is 2.65 bits per heavy atom. The van der Waals surface area contributed by atoms with E-state index in [1.807, 2.05) is 11.9 Å². The molecule has 2 aliphatic heterocycles. The first-order valence-electron chi connectivity index (χ1n) is 10.9. The zero-order valence-electron chi connectivity index (χ0n) is 18.9. The van der Waals surface area contributed by atoms with Crippen molar-refractivity contribution in [1.29, 1.82) is 0 Å². The zero-order valence-corrected chi connectivity index (χ0v) is 18.9. The van der Waals surface area contributed by atoms with Gasteiger partial charge in [-0.15, -0.1) is 0 Å². The van der Waals surface area contributed by atoms with Gasteiger partial charge in [0.1, 0.15) is 29.6 Å². The molecule has 1 amide bonds. The summed E-state index contributed by atoms with van der Waals surface area (Å²) >= 11 is 0. The molecule has 34 heavy (non-hydrogen) atoms. The van der Waals surface area contributed by atoms with Crippen LogP contribution in [0.1, 0.15) is 22.9 Å². The lowest BCUT2D eigenvalue weighted by Crippen LogP contribution is -2.29. The lowest BCUT2D eigenvalue weighted by molar-refractivity contribution is -0.140. The molecule has 8 heteroatoms. The SMILES string of the molecule is COc1ccc(C2/C(=C(/O)c3ccc4c(c3)N(C)CCO4)C(=O)C(=O)N2Cc2ccco2)cc1. The highest BCUT2D eigenvalue weighted by atomic mass is 16.5. The molecule has 8 nitrogen and oxygen atoms in total. The van der Waals surface area contributed by atoms with Crippen LogP contribution in [0, 0.1) is 0 Å². The van der Waals surface area contributed by atoms with Crippen molar-refractivity contribution in [1.82, 2.24) is 4.90 Å². The van der Waals surface area contributed by atoms with Gasteiger partial charge in [-0.25, -0.2) is 0 Å². The number of anilines is 1. The third-order valence-electron chi connectivity index (χ3n) is 6.21. The first-order valence-corrected chi connectivity index (χ1v) is 10.9. The number of hydrogen-bond acceptors (Lipinski definition) is 7. The lowest BCUT2D eigenvalue weighted by atomic mass is 9.95. The van der Waals surface area contributed by atoms with E-state index < -0.39 is 17.7 Å². The van der Waals surface area contributed by atoms with Gasteiger partial charge in [-0.3, -0.25) is 9.59 Å². The standard InChI is InChI=1S/C26H24N2O6/c1-27-11-13-34-21-10-7-17(14-20(21)27)24(29)22-23(16-5-8-18(32-2)9-6-16)28(26(31)25(22)30)15-19-4-3-12-33-19/h3-10,12,14,23,29H,11,13,15H2,1-2H3/b24-22-. The van der Waals surface area contributed by atoms with Crippen LogP contribution in [-0.2, 0) is 16.1 Å². The number of hydrogen-bond donors (Lipinski definition) is 1. The summed E-state index contributed by atoms with van der Waals surface area (Å²) < 4.78 is 16.4. The second kappa shape index (κ2) is 8.62. The van der Waals surface area contributed by atoms with E-state index in [1.54, 1.807) is 61.7 Å². The van der Waals surface area contributed by atoms with Crippen LogP contribution in [0.2, 0.25) is 0 Å². The summed E-state index contributed by atoms with van der Waals surface area (Å²) in [5.74, 6) is 0.208. The Morgan fingerprint density at radius 1 is 1.15 bits per heavy atom. The van der Waals surface area contributed by atoms with Crippen LogP contribution in [-0.4, -0.2) is 49.0 Å². The number of benzene rings is 2. The first-order chi connectivity index (χ1) is 16.5. The van der Waals surface area contributed by atoms with Crippen LogP contribution >= 0.6 is 0 Å². The number of carbonyl (C=O) groups excluding carboxylic acids is 2. The minimum absolute atomic E-state index is 0.0288. The van der Waals surface area contributed by atoms with Crippen LogP contribution in [0.3, 0.4) is 0 Å². The van der Waals surface area contributed by atoms with Crippen molar-refractivity contribution in [2.24, 2.45) is 0 Å². The van der Waals surface area contributed by atoms with Crippen molar-refractivity contribution >= 4 is 23.1 Å². The Labute approximate surface area is 196 Å². The second-order valence-corrected chi connectivity index (χ2v) is 8.23. The highest BCUT2D eigenvalue weighted by Crippen LogP contribution is 2.42. The Morgan fingerprint density at radius 2 is 1.94 bits per heavy atom. The number of likely N-dealkylation sites (tertiary alicyclic amines) is 1. The monoisotopic (exact) mass is 460 g/mol. The number of carbonyl (C=O) groups is 2. The Hall–Kier alpha value is -4.20. The maximum atomic E-state index is 13.2. The fraction of sp³-hybridized carbons (Fsp3) is 0.231. The third kappa shape index (κ3) is 3.67. The van der Waals surface area contributed by atoms with Crippen molar-refractivity contribution in [2.45, 2.75) is 12.6 Å². The zero-order chi connectivity index (χ0) is 23.8. The second-order valence-electron chi connectivity index (χ2n) is 8.23. The van der Waals surface area contributed by atoms with Crippen molar-refractivity contribution in [3.05, 3.63) is 83.3 Å². The maximum absolute atomic E-state index is 13.2. The number of aliphatic hydroxyl groups is 1. The number of nitrogens with zero attached hydrogens (tertiary/aromatic N) is 2. The van der Waals surface area contributed by atoms with Gasteiger partial charge in [0.05, 0.1) is 43.8 Å². The normalized spacial score (nSPS) is 19.2. The Balaban J connectivity index is 1.63. The summed E-state index contributed by atoms with van der Waals surface area (Å²) in [6.07, 6.45) is 1.51. The molecule has 0 spiro atoms. The highest BCUT2D eigenvalue weighted by molar-refractivity contribution is 6.46. The largest absolute Gasteiger partial charge is 0.507 e. The molecule has 3 aromatic rings. The number of fused-ring (bicyclic) bond motifs is 1. The smallest absolute Gasteiger partial charge is 0.296 e. The minimum Gasteiger partial charge on any atom is -0.507 e. The number of rotatable bonds is 5. The number of aliphatic hydroxyl groups excluding tert-OH is 1. The van der Waals surface area contributed by atoms with E-state index in [-0.39, 0.29) is 17.9 Å². The number of amides is 1. The summed E-state index contributed by atoms with van der Waals surface area (Å²) in [5, 5.41) is 11.3. The molecule has 174 valence electrons. The van der Waals surface area contributed by atoms with Crippen LogP contribution in [0.4, 0.5) is 5.69 Å². The molecule has 0 bridgehead atoms. The molecule has 1 unspecified atom stereocenters. The van der Waals surface area contributed by atoms with Crippen LogP contribution in [0.25, 0.3) is 5.76 Å².